The Morgan fingerprint density at radius 1 is 1.36 bits per heavy atom. The maximum atomic E-state index is 13.2. The summed E-state index contributed by atoms with van der Waals surface area (Å²) in [6, 6.07) is 6.94. The molecule has 1 aliphatic heterocycles. The van der Waals surface area contributed by atoms with Gasteiger partial charge in [0.1, 0.15) is 17.6 Å². The van der Waals surface area contributed by atoms with Crippen molar-refractivity contribution in [2.24, 2.45) is 4.99 Å². The Balaban J connectivity index is 1.95. The van der Waals surface area contributed by atoms with Crippen LogP contribution in [0.15, 0.2) is 55.1 Å². The van der Waals surface area contributed by atoms with E-state index >= 15 is 0 Å². The van der Waals surface area contributed by atoms with E-state index in [0.29, 0.717) is 26.4 Å². The molecule has 4 rings (SSSR count). The molecular formula is C20H18N2O4S2. The van der Waals surface area contributed by atoms with Crippen LogP contribution in [0, 0.1) is 6.92 Å². The molecule has 6 nitrogen and oxygen atoms in total. The van der Waals surface area contributed by atoms with Gasteiger partial charge in [-0.15, -0.1) is 11.3 Å². The number of aromatic nitrogens is 1. The summed E-state index contributed by atoms with van der Waals surface area (Å²) in [4.78, 5) is 31.9. The number of furan rings is 1. The van der Waals surface area contributed by atoms with Gasteiger partial charge in [0, 0.05) is 11.0 Å². The van der Waals surface area contributed by atoms with E-state index in [-0.39, 0.29) is 12.2 Å². The molecule has 4 heterocycles. The summed E-state index contributed by atoms with van der Waals surface area (Å²) in [5.74, 6) is 0.936. The number of esters is 1. The Morgan fingerprint density at radius 2 is 2.18 bits per heavy atom. The molecule has 0 radical (unpaired) electrons. The van der Waals surface area contributed by atoms with Gasteiger partial charge in [-0.05, 0) is 44.4 Å². The Morgan fingerprint density at radius 3 is 2.82 bits per heavy atom. The number of hydrogen-bond acceptors (Lipinski definition) is 7. The number of aryl methyl sites for hydroxylation is 1. The lowest BCUT2D eigenvalue weighted by Crippen LogP contribution is -2.39. The van der Waals surface area contributed by atoms with E-state index in [1.165, 1.54) is 22.7 Å². The Bertz CT molecular complexity index is 1240. The van der Waals surface area contributed by atoms with Crippen LogP contribution in [-0.2, 0) is 9.53 Å². The number of hydrogen-bond donors (Lipinski definition) is 0. The largest absolute Gasteiger partial charge is 0.463 e. The normalized spacial score (nSPS) is 16.8. The summed E-state index contributed by atoms with van der Waals surface area (Å²) >= 11 is 2.78. The van der Waals surface area contributed by atoms with Gasteiger partial charge in [-0.25, -0.2) is 9.79 Å². The van der Waals surface area contributed by atoms with Crippen LogP contribution >= 0.6 is 22.7 Å². The highest BCUT2D eigenvalue weighted by atomic mass is 32.1. The lowest BCUT2D eigenvalue weighted by molar-refractivity contribution is -0.139. The molecule has 0 bridgehead atoms. The monoisotopic (exact) mass is 414 g/mol. The van der Waals surface area contributed by atoms with Crippen LogP contribution < -0.4 is 14.9 Å². The first-order valence-electron chi connectivity index (χ1n) is 8.79. The fourth-order valence-electron chi connectivity index (χ4n) is 3.17. The topological polar surface area (TPSA) is 73.8 Å². The average Bonchev–Trinajstić information content (AvgIpc) is 3.37. The molecule has 0 aliphatic carbocycles. The molecule has 1 atom stereocenters. The van der Waals surface area contributed by atoms with Crippen molar-refractivity contribution in [3.05, 3.63) is 77.0 Å². The zero-order valence-corrected chi connectivity index (χ0v) is 17.2. The van der Waals surface area contributed by atoms with Gasteiger partial charge in [0.15, 0.2) is 4.80 Å². The molecule has 144 valence electrons. The minimum Gasteiger partial charge on any atom is -0.463 e. The first-order chi connectivity index (χ1) is 13.5. The molecule has 0 spiro atoms. The van der Waals surface area contributed by atoms with Crippen LogP contribution in [-0.4, -0.2) is 17.1 Å². The summed E-state index contributed by atoms with van der Waals surface area (Å²) in [6.07, 6.45) is 1.71. The number of thiazole rings is 1. The van der Waals surface area contributed by atoms with E-state index in [1.54, 1.807) is 24.5 Å². The van der Waals surface area contributed by atoms with Gasteiger partial charge in [-0.2, -0.15) is 0 Å². The molecule has 0 N–H and O–H groups in total. The second-order valence-electron chi connectivity index (χ2n) is 6.27. The van der Waals surface area contributed by atoms with E-state index < -0.39 is 12.0 Å². The van der Waals surface area contributed by atoms with Crippen LogP contribution in [0.2, 0.25) is 0 Å². The van der Waals surface area contributed by atoms with Gasteiger partial charge in [0.2, 0.25) is 0 Å². The van der Waals surface area contributed by atoms with Crippen molar-refractivity contribution in [3.8, 4) is 0 Å². The van der Waals surface area contributed by atoms with Gasteiger partial charge < -0.3 is 9.15 Å². The number of carbonyl (C=O) groups is 1. The minimum atomic E-state index is -0.546. The summed E-state index contributed by atoms with van der Waals surface area (Å²) in [7, 11) is 0. The van der Waals surface area contributed by atoms with Crippen LogP contribution in [0.4, 0.5) is 0 Å². The van der Waals surface area contributed by atoms with E-state index in [0.717, 1.165) is 10.6 Å². The van der Waals surface area contributed by atoms with Crippen molar-refractivity contribution in [3.63, 3.8) is 0 Å². The molecule has 0 unspecified atom stereocenters. The lowest BCUT2D eigenvalue weighted by Gasteiger charge is -2.23. The molecule has 28 heavy (non-hydrogen) atoms. The quantitative estimate of drug-likeness (QED) is 0.616. The second-order valence-corrected chi connectivity index (χ2v) is 8.25. The van der Waals surface area contributed by atoms with Crippen molar-refractivity contribution in [2.45, 2.75) is 26.8 Å². The number of allylic oxidation sites excluding steroid dienone is 1. The highest BCUT2D eigenvalue weighted by Crippen LogP contribution is 2.33. The Hall–Kier alpha value is -2.71. The van der Waals surface area contributed by atoms with E-state index in [2.05, 4.69) is 4.99 Å². The number of ether oxygens (including phenoxy) is 1. The summed E-state index contributed by atoms with van der Waals surface area (Å²) in [5, 5.41) is 1.93. The predicted octanol–water partition coefficient (Wildman–Crippen LogP) is 2.76. The molecule has 1 aliphatic rings. The molecule has 3 aromatic heterocycles. The van der Waals surface area contributed by atoms with E-state index in [9.17, 15) is 9.59 Å². The number of fused-ring (bicyclic) bond motifs is 1. The predicted molar refractivity (Wildman–Crippen MR) is 108 cm³/mol. The van der Waals surface area contributed by atoms with Crippen LogP contribution in [0.5, 0.6) is 0 Å². The summed E-state index contributed by atoms with van der Waals surface area (Å²) < 4.78 is 12.9. The zero-order valence-electron chi connectivity index (χ0n) is 15.6. The third kappa shape index (κ3) is 3.18. The molecule has 0 aromatic carbocycles. The highest BCUT2D eigenvalue weighted by molar-refractivity contribution is 7.10. The standard InChI is InChI=1S/C20H18N2O4S2/c1-4-25-19(24)16-12(3)21-20-22(17(16)14-6-5-9-27-14)18(23)15(28-20)10-13-8-7-11(2)26-13/h5-10,17H,4H2,1-3H3/b15-10-/t17-/m1/s1. The highest BCUT2D eigenvalue weighted by Gasteiger charge is 2.33. The van der Waals surface area contributed by atoms with Crippen LogP contribution in [0.3, 0.4) is 0 Å². The third-order valence-electron chi connectivity index (χ3n) is 4.36. The minimum absolute atomic E-state index is 0.203. The number of carbonyl (C=O) groups excluding carboxylic acids is 1. The lowest BCUT2D eigenvalue weighted by atomic mass is 10.0. The van der Waals surface area contributed by atoms with Crippen LogP contribution in [0.25, 0.3) is 6.08 Å². The van der Waals surface area contributed by atoms with Crippen LogP contribution in [0.1, 0.15) is 36.3 Å². The molecule has 3 aromatic rings. The fourth-order valence-corrected chi connectivity index (χ4v) is 5.02. The second kappa shape index (κ2) is 7.37. The fraction of sp³-hybridized carbons (Fsp3) is 0.250. The molecule has 8 heteroatoms. The Labute approximate surface area is 168 Å². The smallest absolute Gasteiger partial charge is 0.338 e. The first kappa shape index (κ1) is 18.6. The van der Waals surface area contributed by atoms with Crippen molar-refractivity contribution >= 4 is 34.7 Å². The zero-order chi connectivity index (χ0) is 19.8. The summed E-state index contributed by atoms with van der Waals surface area (Å²) in [5.41, 5.74) is 0.765. The molecular weight excluding hydrogens is 396 g/mol. The molecule has 0 saturated carbocycles. The van der Waals surface area contributed by atoms with Crippen molar-refractivity contribution in [1.82, 2.24) is 4.57 Å². The maximum Gasteiger partial charge on any atom is 0.338 e. The van der Waals surface area contributed by atoms with Gasteiger partial charge in [-0.3, -0.25) is 9.36 Å². The summed E-state index contributed by atoms with van der Waals surface area (Å²) in [6.45, 7) is 5.65. The Kier molecular flexibility index (Phi) is 4.91. The molecule has 0 amide bonds. The first-order valence-corrected chi connectivity index (χ1v) is 10.5. The maximum absolute atomic E-state index is 13.2. The third-order valence-corrected chi connectivity index (χ3v) is 6.27. The van der Waals surface area contributed by atoms with E-state index in [4.69, 9.17) is 9.15 Å². The number of nitrogens with zero attached hydrogens (tertiary/aromatic N) is 2. The SMILES string of the molecule is CCOC(=O)C1=C(C)N=c2s/c(=C\c3ccc(C)o3)c(=O)n2[C@@H]1c1cccs1. The van der Waals surface area contributed by atoms with Crippen molar-refractivity contribution < 1.29 is 13.9 Å². The van der Waals surface area contributed by atoms with Crippen molar-refractivity contribution in [2.75, 3.05) is 6.61 Å². The van der Waals surface area contributed by atoms with Gasteiger partial charge in [0.25, 0.3) is 5.56 Å². The molecule has 0 saturated heterocycles. The van der Waals surface area contributed by atoms with Gasteiger partial charge in [-0.1, -0.05) is 17.4 Å². The van der Waals surface area contributed by atoms with Crippen molar-refractivity contribution in [1.29, 1.82) is 0 Å². The number of thiophene rings is 1. The van der Waals surface area contributed by atoms with E-state index in [1.807, 2.05) is 36.6 Å². The number of rotatable bonds is 4. The van der Waals surface area contributed by atoms with Gasteiger partial charge >= 0.3 is 5.97 Å². The average molecular weight is 415 g/mol. The van der Waals surface area contributed by atoms with Gasteiger partial charge in [0.05, 0.1) is 22.4 Å². The molecule has 0 fully saturated rings.